The van der Waals surface area contributed by atoms with E-state index < -0.39 is 11.9 Å². The summed E-state index contributed by atoms with van der Waals surface area (Å²) >= 11 is 0. The maximum atomic E-state index is 13.0. The number of rotatable bonds is 5. The fraction of sp³-hybridized carbons (Fsp3) is 0.526. The Morgan fingerprint density at radius 3 is 2.54 bits per heavy atom. The van der Waals surface area contributed by atoms with E-state index in [9.17, 15) is 14.4 Å². The first-order chi connectivity index (χ1) is 12.4. The molecule has 7 heteroatoms. The highest BCUT2D eigenvalue weighted by molar-refractivity contribution is 6.00. The van der Waals surface area contributed by atoms with Crippen molar-refractivity contribution in [1.29, 1.82) is 0 Å². The van der Waals surface area contributed by atoms with Gasteiger partial charge in [0.25, 0.3) is 0 Å². The summed E-state index contributed by atoms with van der Waals surface area (Å²) in [4.78, 5) is 39.7. The van der Waals surface area contributed by atoms with Crippen LogP contribution in [0.4, 0.5) is 5.69 Å². The normalized spacial score (nSPS) is 25.8. The topological polar surface area (TPSA) is 87.1 Å². The van der Waals surface area contributed by atoms with Crippen LogP contribution in [0.15, 0.2) is 24.3 Å². The smallest absolute Gasteiger partial charge is 0.305 e. The molecule has 0 aliphatic carbocycles. The number of amides is 2. The molecule has 0 bridgehead atoms. The van der Waals surface area contributed by atoms with Gasteiger partial charge in [0.05, 0.1) is 18.4 Å². The van der Waals surface area contributed by atoms with Gasteiger partial charge in [0.1, 0.15) is 0 Å². The lowest BCUT2D eigenvalue weighted by Crippen LogP contribution is -2.41. The number of aliphatic carboxylic acids is 1. The molecule has 2 aliphatic heterocycles. The SMILES string of the molecule is COC1CC(CC(=O)O)N(C(=O)C2CC(=O)N(c3ccc(C)cc3)C2)C1. The Labute approximate surface area is 152 Å². The molecule has 3 unspecified atom stereocenters. The van der Waals surface area contributed by atoms with Crippen LogP contribution < -0.4 is 4.90 Å². The van der Waals surface area contributed by atoms with E-state index >= 15 is 0 Å². The minimum Gasteiger partial charge on any atom is -0.481 e. The van der Waals surface area contributed by atoms with Crippen molar-refractivity contribution in [2.45, 2.75) is 38.3 Å². The Hall–Kier alpha value is -2.41. The summed E-state index contributed by atoms with van der Waals surface area (Å²) in [6, 6.07) is 7.25. The highest BCUT2D eigenvalue weighted by Gasteiger charge is 2.43. The second-order valence-electron chi connectivity index (χ2n) is 7.08. The van der Waals surface area contributed by atoms with Crippen molar-refractivity contribution in [3.63, 3.8) is 0 Å². The molecule has 0 spiro atoms. The van der Waals surface area contributed by atoms with Crippen LogP contribution in [0.2, 0.25) is 0 Å². The van der Waals surface area contributed by atoms with Crippen molar-refractivity contribution in [3.8, 4) is 0 Å². The summed E-state index contributed by atoms with van der Waals surface area (Å²) in [7, 11) is 1.56. The van der Waals surface area contributed by atoms with Crippen molar-refractivity contribution in [2.75, 3.05) is 25.1 Å². The molecule has 2 fully saturated rings. The summed E-state index contributed by atoms with van der Waals surface area (Å²) in [5.74, 6) is -1.62. The van der Waals surface area contributed by atoms with Gasteiger partial charge in [-0.3, -0.25) is 14.4 Å². The van der Waals surface area contributed by atoms with Gasteiger partial charge in [-0.1, -0.05) is 17.7 Å². The first-order valence-corrected chi connectivity index (χ1v) is 8.81. The number of nitrogens with zero attached hydrogens (tertiary/aromatic N) is 2. The Kier molecular flexibility index (Phi) is 5.27. The Bertz CT molecular complexity index is 702. The third kappa shape index (κ3) is 3.72. The minimum atomic E-state index is -0.937. The summed E-state index contributed by atoms with van der Waals surface area (Å²) < 4.78 is 5.32. The Morgan fingerprint density at radius 1 is 1.23 bits per heavy atom. The van der Waals surface area contributed by atoms with Gasteiger partial charge in [0.15, 0.2) is 0 Å². The van der Waals surface area contributed by atoms with Crippen LogP contribution in [0.3, 0.4) is 0 Å². The first kappa shape index (κ1) is 18.4. The van der Waals surface area contributed by atoms with Crippen molar-refractivity contribution >= 4 is 23.5 Å². The second-order valence-corrected chi connectivity index (χ2v) is 7.08. The number of hydrogen-bond acceptors (Lipinski definition) is 4. The Morgan fingerprint density at radius 2 is 1.92 bits per heavy atom. The van der Waals surface area contributed by atoms with Crippen molar-refractivity contribution in [3.05, 3.63) is 29.8 Å². The summed E-state index contributed by atoms with van der Waals surface area (Å²) in [5.41, 5.74) is 1.89. The number of hydrogen-bond donors (Lipinski definition) is 1. The maximum Gasteiger partial charge on any atom is 0.305 e. The first-order valence-electron chi connectivity index (χ1n) is 8.81. The molecule has 1 aromatic carbocycles. The zero-order chi connectivity index (χ0) is 18.8. The van der Waals surface area contributed by atoms with Crippen molar-refractivity contribution in [1.82, 2.24) is 4.90 Å². The van der Waals surface area contributed by atoms with Crippen LogP contribution in [0.5, 0.6) is 0 Å². The summed E-state index contributed by atoms with van der Waals surface area (Å²) in [6.07, 6.45) is 0.402. The quantitative estimate of drug-likeness (QED) is 0.858. The van der Waals surface area contributed by atoms with Gasteiger partial charge >= 0.3 is 5.97 Å². The van der Waals surface area contributed by atoms with E-state index in [1.54, 1.807) is 16.9 Å². The third-order valence-corrected chi connectivity index (χ3v) is 5.22. The highest BCUT2D eigenvalue weighted by atomic mass is 16.5. The number of aryl methyl sites for hydroxylation is 1. The molecule has 3 rings (SSSR count). The van der Waals surface area contributed by atoms with Gasteiger partial charge in [-0.15, -0.1) is 0 Å². The number of anilines is 1. The average Bonchev–Trinajstić information content (AvgIpc) is 3.18. The fourth-order valence-electron chi connectivity index (χ4n) is 3.79. The van der Waals surface area contributed by atoms with Crippen LogP contribution in [0.1, 0.15) is 24.8 Å². The molecule has 3 atom stereocenters. The van der Waals surface area contributed by atoms with Crippen molar-refractivity contribution < 1.29 is 24.2 Å². The molecule has 1 aromatic rings. The number of carboxylic acids is 1. The number of benzene rings is 1. The monoisotopic (exact) mass is 360 g/mol. The molecule has 0 radical (unpaired) electrons. The van der Waals surface area contributed by atoms with E-state index in [1.165, 1.54) is 0 Å². The fourth-order valence-corrected chi connectivity index (χ4v) is 3.79. The van der Waals surface area contributed by atoms with Gasteiger partial charge in [0, 0.05) is 38.3 Å². The van der Waals surface area contributed by atoms with Gasteiger partial charge in [-0.2, -0.15) is 0 Å². The number of carbonyl (C=O) groups is 3. The molecule has 7 nitrogen and oxygen atoms in total. The molecule has 1 N–H and O–H groups in total. The number of carboxylic acid groups (broad SMARTS) is 1. The van der Waals surface area contributed by atoms with Crippen LogP contribution in [-0.2, 0) is 19.1 Å². The molecule has 26 heavy (non-hydrogen) atoms. The Balaban J connectivity index is 1.72. The van der Waals surface area contributed by atoms with Gasteiger partial charge in [-0.25, -0.2) is 0 Å². The van der Waals surface area contributed by atoms with E-state index in [4.69, 9.17) is 9.84 Å². The summed E-state index contributed by atoms with van der Waals surface area (Å²) in [5, 5.41) is 9.11. The lowest BCUT2D eigenvalue weighted by atomic mass is 10.1. The van der Waals surface area contributed by atoms with Crippen LogP contribution in [0.25, 0.3) is 0 Å². The molecule has 2 saturated heterocycles. The van der Waals surface area contributed by atoms with E-state index in [2.05, 4.69) is 0 Å². The average molecular weight is 360 g/mol. The molecule has 0 aromatic heterocycles. The standard InChI is InChI=1S/C19H24N2O5/c1-12-3-5-14(6-4-12)20-10-13(7-17(20)22)19(25)21-11-16(26-2)8-15(21)9-18(23)24/h3-6,13,15-16H,7-11H2,1-2H3,(H,23,24). The number of carbonyl (C=O) groups excluding carboxylic acids is 2. The van der Waals surface area contributed by atoms with Crippen LogP contribution >= 0.6 is 0 Å². The predicted molar refractivity (Wildman–Crippen MR) is 94.8 cm³/mol. The molecule has 2 amide bonds. The molecule has 2 aliphatic rings. The van der Waals surface area contributed by atoms with Gasteiger partial charge in [-0.05, 0) is 25.5 Å². The van der Waals surface area contributed by atoms with Gasteiger partial charge < -0.3 is 19.6 Å². The zero-order valence-corrected chi connectivity index (χ0v) is 15.1. The largest absolute Gasteiger partial charge is 0.481 e. The number of methoxy groups -OCH3 is 1. The predicted octanol–water partition coefficient (Wildman–Crippen LogP) is 1.44. The molecule has 140 valence electrons. The van der Waals surface area contributed by atoms with E-state index in [0.717, 1.165) is 11.3 Å². The van der Waals surface area contributed by atoms with Gasteiger partial charge in [0.2, 0.25) is 11.8 Å². The number of likely N-dealkylation sites (tertiary alicyclic amines) is 1. The molecular formula is C19H24N2O5. The molecule has 0 saturated carbocycles. The van der Waals surface area contributed by atoms with Crippen molar-refractivity contribution in [2.24, 2.45) is 5.92 Å². The molecule has 2 heterocycles. The third-order valence-electron chi connectivity index (χ3n) is 5.22. The van der Waals surface area contributed by atoms with E-state index in [-0.39, 0.29) is 36.8 Å². The lowest BCUT2D eigenvalue weighted by molar-refractivity contribution is -0.141. The van der Waals surface area contributed by atoms with Crippen LogP contribution in [0, 0.1) is 12.8 Å². The summed E-state index contributed by atoms with van der Waals surface area (Å²) in [6.45, 7) is 2.68. The second kappa shape index (κ2) is 7.45. The minimum absolute atomic E-state index is 0.0792. The zero-order valence-electron chi connectivity index (χ0n) is 15.1. The number of ether oxygens (including phenoxy) is 1. The van der Waals surface area contributed by atoms with E-state index in [1.807, 2.05) is 31.2 Å². The maximum absolute atomic E-state index is 13.0. The van der Waals surface area contributed by atoms with E-state index in [0.29, 0.717) is 19.5 Å². The molecular weight excluding hydrogens is 336 g/mol. The van der Waals surface area contributed by atoms with Crippen LogP contribution in [-0.4, -0.2) is 60.1 Å². The lowest BCUT2D eigenvalue weighted by Gasteiger charge is -2.26. The highest BCUT2D eigenvalue weighted by Crippen LogP contribution is 2.30.